The Hall–Kier alpha value is -1.32. The topological polar surface area (TPSA) is 55.0 Å². The number of hydrogen-bond acceptors (Lipinski definition) is 3. The fraction of sp³-hybridized carbons (Fsp3) is 0.500. The first kappa shape index (κ1) is 8.77. The molecule has 0 radical (unpaired) electrons. The van der Waals surface area contributed by atoms with Gasteiger partial charge in [0.2, 0.25) is 5.43 Å². The van der Waals surface area contributed by atoms with E-state index >= 15 is 0 Å². The van der Waals surface area contributed by atoms with Gasteiger partial charge in [-0.05, 0) is 6.42 Å². The van der Waals surface area contributed by atoms with Crippen LogP contribution in [0.1, 0.15) is 19.8 Å². The van der Waals surface area contributed by atoms with Crippen LogP contribution in [0.5, 0.6) is 5.88 Å². The molecule has 1 N–H and O–H groups in total. The normalized spacial score (nSPS) is 9.75. The quantitative estimate of drug-likeness (QED) is 0.681. The van der Waals surface area contributed by atoms with Crippen molar-refractivity contribution in [2.45, 2.75) is 19.8 Å². The largest absolute Gasteiger partial charge is 0.474 e. The Balaban J connectivity index is 2.52. The zero-order valence-electron chi connectivity index (χ0n) is 7.04. The monoisotopic (exact) mass is 168 g/mol. The van der Waals surface area contributed by atoms with Gasteiger partial charge in [0.15, 0.2) is 0 Å². The minimum atomic E-state index is -0.176. The van der Waals surface area contributed by atoms with Crippen LogP contribution in [-0.2, 0) is 0 Å². The molecule has 0 aliphatic heterocycles. The lowest BCUT2D eigenvalue weighted by Crippen LogP contribution is -2.10. The fourth-order valence-electron chi connectivity index (χ4n) is 0.752. The van der Waals surface area contributed by atoms with Crippen LogP contribution in [0.2, 0.25) is 0 Å². The van der Waals surface area contributed by atoms with Crippen molar-refractivity contribution in [3.05, 3.63) is 22.5 Å². The summed E-state index contributed by atoms with van der Waals surface area (Å²) < 4.78 is 5.12. The molecule has 1 aromatic rings. The molecule has 0 aliphatic rings. The number of ether oxygens (including phenoxy) is 1. The summed E-state index contributed by atoms with van der Waals surface area (Å²) in [7, 11) is 0. The van der Waals surface area contributed by atoms with E-state index in [0.29, 0.717) is 6.61 Å². The fourth-order valence-corrected chi connectivity index (χ4v) is 0.752. The molecule has 0 amide bonds. The van der Waals surface area contributed by atoms with E-state index < -0.39 is 0 Å². The van der Waals surface area contributed by atoms with Crippen molar-refractivity contribution >= 4 is 0 Å². The third-order valence-corrected chi connectivity index (χ3v) is 1.42. The van der Waals surface area contributed by atoms with Gasteiger partial charge in [-0.3, -0.25) is 9.89 Å². The van der Waals surface area contributed by atoms with E-state index in [9.17, 15) is 4.79 Å². The predicted octanol–water partition coefficient (Wildman–Crippen LogP) is 0.949. The van der Waals surface area contributed by atoms with Gasteiger partial charge >= 0.3 is 0 Å². The van der Waals surface area contributed by atoms with Gasteiger partial charge in [-0.1, -0.05) is 13.3 Å². The molecule has 1 rings (SSSR count). The van der Waals surface area contributed by atoms with Gasteiger partial charge < -0.3 is 4.74 Å². The highest BCUT2D eigenvalue weighted by Gasteiger charge is 1.98. The number of nitrogens with one attached hydrogen (secondary N) is 1. The molecule has 0 fully saturated rings. The number of rotatable bonds is 4. The van der Waals surface area contributed by atoms with Gasteiger partial charge in [0, 0.05) is 12.3 Å². The molecular formula is C8H12N2O2. The Labute approximate surface area is 70.6 Å². The van der Waals surface area contributed by atoms with Gasteiger partial charge in [-0.2, -0.15) is 0 Å². The lowest BCUT2D eigenvalue weighted by Gasteiger charge is -2.00. The third kappa shape index (κ3) is 2.38. The van der Waals surface area contributed by atoms with E-state index in [1.165, 1.54) is 12.3 Å². The van der Waals surface area contributed by atoms with Crippen molar-refractivity contribution in [3.8, 4) is 5.88 Å². The molecule has 0 saturated carbocycles. The highest BCUT2D eigenvalue weighted by Crippen LogP contribution is 1.95. The summed E-state index contributed by atoms with van der Waals surface area (Å²) in [5, 5.41) is 6.24. The zero-order chi connectivity index (χ0) is 8.81. The first-order valence-corrected chi connectivity index (χ1v) is 4.01. The van der Waals surface area contributed by atoms with E-state index in [0.717, 1.165) is 12.8 Å². The first-order chi connectivity index (χ1) is 5.84. The van der Waals surface area contributed by atoms with Gasteiger partial charge in [0.05, 0.1) is 6.61 Å². The van der Waals surface area contributed by atoms with Crippen LogP contribution < -0.4 is 10.2 Å². The maximum absolute atomic E-state index is 11.0. The maximum Gasteiger partial charge on any atom is 0.279 e. The number of aromatic amines is 1. The molecule has 12 heavy (non-hydrogen) atoms. The molecule has 1 aromatic heterocycles. The number of nitrogens with zero attached hydrogens (tertiary/aromatic N) is 1. The van der Waals surface area contributed by atoms with Crippen molar-refractivity contribution in [1.29, 1.82) is 0 Å². The highest BCUT2D eigenvalue weighted by molar-refractivity contribution is 5.06. The van der Waals surface area contributed by atoms with Gasteiger partial charge in [-0.25, -0.2) is 0 Å². The predicted molar refractivity (Wildman–Crippen MR) is 45.3 cm³/mol. The molecule has 0 atom stereocenters. The van der Waals surface area contributed by atoms with E-state index in [1.807, 2.05) is 0 Å². The second-order valence-corrected chi connectivity index (χ2v) is 2.45. The number of unbranched alkanes of at least 4 members (excludes halogenated alkanes) is 1. The van der Waals surface area contributed by atoms with Crippen LogP contribution in [0.3, 0.4) is 0 Å². The average Bonchev–Trinajstić information content (AvgIpc) is 2.09. The van der Waals surface area contributed by atoms with Crippen molar-refractivity contribution in [2.75, 3.05) is 6.61 Å². The number of H-pyrrole nitrogens is 1. The summed E-state index contributed by atoms with van der Waals surface area (Å²) in [5.41, 5.74) is -0.176. The summed E-state index contributed by atoms with van der Waals surface area (Å²) in [6.45, 7) is 2.61. The minimum absolute atomic E-state index is 0.158. The van der Waals surface area contributed by atoms with Crippen LogP contribution in [0.4, 0.5) is 0 Å². The Morgan fingerprint density at radius 3 is 3.17 bits per heavy atom. The number of aromatic nitrogens is 2. The molecular weight excluding hydrogens is 156 g/mol. The minimum Gasteiger partial charge on any atom is -0.474 e. The van der Waals surface area contributed by atoms with Crippen LogP contribution >= 0.6 is 0 Å². The van der Waals surface area contributed by atoms with E-state index in [-0.39, 0.29) is 11.3 Å². The maximum atomic E-state index is 11.0. The van der Waals surface area contributed by atoms with Gasteiger partial charge in [-0.15, -0.1) is 5.10 Å². The molecule has 4 heteroatoms. The lowest BCUT2D eigenvalue weighted by atomic mass is 10.4. The van der Waals surface area contributed by atoms with Crippen LogP contribution in [0.25, 0.3) is 0 Å². The molecule has 0 saturated heterocycles. The van der Waals surface area contributed by atoms with E-state index in [2.05, 4.69) is 17.1 Å². The Morgan fingerprint density at radius 2 is 2.50 bits per heavy atom. The van der Waals surface area contributed by atoms with E-state index in [4.69, 9.17) is 4.74 Å². The van der Waals surface area contributed by atoms with Gasteiger partial charge in [0.25, 0.3) is 5.88 Å². The van der Waals surface area contributed by atoms with Crippen LogP contribution in [0.15, 0.2) is 17.1 Å². The summed E-state index contributed by atoms with van der Waals surface area (Å²) >= 11 is 0. The van der Waals surface area contributed by atoms with Crippen molar-refractivity contribution < 1.29 is 4.74 Å². The van der Waals surface area contributed by atoms with Crippen molar-refractivity contribution in [3.63, 3.8) is 0 Å². The standard InChI is InChI=1S/C8H12N2O2/c1-2-3-6-12-8-7(11)4-5-9-10-8/h4-5H,2-3,6H2,1H3,(H,9,11). The molecule has 1 heterocycles. The lowest BCUT2D eigenvalue weighted by molar-refractivity contribution is 0.291. The van der Waals surface area contributed by atoms with Gasteiger partial charge in [0.1, 0.15) is 0 Å². The Kier molecular flexibility index (Phi) is 3.32. The van der Waals surface area contributed by atoms with E-state index in [1.54, 1.807) is 0 Å². The third-order valence-electron chi connectivity index (χ3n) is 1.42. The van der Waals surface area contributed by atoms with Crippen molar-refractivity contribution in [2.24, 2.45) is 0 Å². The van der Waals surface area contributed by atoms with Crippen LogP contribution in [-0.4, -0.2) is 16.8 Å². The molecule has 0 aliphatic carbocycles. The Morgan fingerprint density at radius 1 is 1.67 bits per heavy atom. The summed E-state index contributed by atoms with van der Waals surface area (Å²) in [5.74, 6) is 0.158. The Bertz CT molecular complexity index is 282. The summed E-state index contributed by atoms with van der Waals surface area (Å²) in [4.78, 5) is 11.0. The second-order valence-electron chi connectivity index (χ2n) is 2.45. The molecule has 0 spiro atoms. The first-order valence-electron chi connectivity index (χ1n) is 4.01. The molecule has 0 aromatic carbocycles. The van der Waals surface area contributed by atoms with Crippen LogP contribution in [0, 0.1) is 0 Å². The summed E-state index contributed by atoms with van der Waals surface area (Å²) in [6.07, 6.45) is 3.47. The average molecular weight is 168 g/mol. The highest BCUT2D eigenvalue weighted by atomic mass is 16.5. The zero-order valence-corrected chi connectivity index (χ0v) is 7.04. The number of hydrogen-bond donors (Lipinski definition) is 1. The summed E-state index contributed by atoms with van der Waals surface area (Å²) in [6, 6.07) is 1.40. The molecule has 0 bridgehead atoms. The molecule has 4 nitrogen and oxygen atoms in total. The SMILES string of the molecule is CCCCOc1n[nH]ccc1=O. The second kappa shape index (κ2) is 4.54. The molecule has 0 unspecified atom stereocenters. The van der Waals surface area contributed by atoms with Crippen molar-refractivity contribution in [1.82, 2.24) is 10.2 Å². The smallest absolute Gasteiger partial charge is 0.279 e. The molecule has 66 valence electrons.